The Morgan fingerprint density at radius 1 is 1.44 bits per heavy atom. The Bertz CT molecular complexity index is 388. The molecule has 0 aliphatic rings. The summed E-state index contributed by atoms with van der Waals surface area (Å²) in [7, 11) is 0. The largest absolute Gasteiger partial charge is 0.442 e. The van der Waals surface area contributed by atoms with Gasteiger partial charge in [-0.2, -0.15) is 0 Å². The van der Waals surface area contributed by atoms with E-state index < -0.39 is 17.5 Å². The van der Waals surface area contributed by atoms with Crippen molar-refractivity contribution in [2.24, 2.45) is 5.84 Å². The van der Waals surface area contributed by atoms with Gasteiger partial charge in [0.2, 0.25) is 0 Å². The van der Waals surface area contributed by atoms with Gasteiger partial charge in [-0.05, 0) is 39.0 Å². The molecule has 1 aromatic carbocycles. The summed E-state index contributed by atoms with van der Waals surface area (Å²) in [4.78, 5) is 11.5. The van der Waals surface area contributed by atoms with E-state index in [1.165, 1.54) is 18.2 Å². The molecule has 0 radical (unpaired) electrons. The molecule has 1 rings (SSSR count). The minimum absolute atomic E-state index is 0.245. The number of amides is 1. The van der Waals surface area contributed by atoms with E-state index in [0.717, 1.165) is 11.1 Å². The van der Waals surface area contributed by atoms with E-state index in [1.807, 2.05) is 0 Å². The molecule has 0 saturated carbocycles. The molecule has 16 heavy (non-hydrogen) atoms. The summed E-state index contributed by atoms with van der Waals surface area (Å²) in [6, 6.07) is 5.41. The Hall–Kier alpha value is -1.62. The number of carbonyl (C=O) groups is 1. The van der Waals surface area contributed by atoms with Gasteiger partial charge in [0, 0.05) is 0 Å². The lowest BCUT2D eigenvalue weighted by Gasteiger charge is -2.24. The first-order valence-corrected chi connectivity index (χ1v) is 4.83. The molecule has 0 aliphatic heterocycles. The second kappa shape index (κ2) is 4.49. The Kier molecular flexibility index (Phi) is 3.49. The third kappa shape index (κ3) is 3.51. The molecule has 0 unspecified atom stereocenters. The Morgan fingerprint density at radius 3 is 2.56 bits per heavy atom. The fourth-order valence-electron chi connectivity index (χ4n) is 1.04. The monoisotopic (exact) mass is 226 g/mol. The highest BCUT2D eigenvalue weighted by atomic mass is 19.1. The lowest BCUT2D eigenvalue weighted by Crippen LogP contribution is -2.41. The molecule has 0 heterocycles. The predicted molar refractivity (Wildman–Crippen MR) is 59.3 cm³/mol. The second-order valence-corrected chi connectivity index (χ2v) is 4.33. The summed E-state index contributed by atoms with van der Waals surface area (Å²) in [5.41, 5.74) is -0.392. The van der Waals surface area contributed by atoms with E-state index in [1.54, 1.807) is 20.8 Å². The Labute approximate surface area is 93.8 Å². The standard InChI is InChI=1S/C11H15FN2O2/c1-11(2,3)16-10(15)14(13)9-6-4-5-8(12)7-9/h4-7H,13H2,1-3H3. The molecule has 0 fully saturated rings. The van der Waals surface area contributed by atoms with Crippen LogP contribution in [-0.2, 0) is 4.74 Å². The molecule has 5 heteroatoms. The number of halogens is 1. The summed E-state index contributed by atoms with van der Waals surface area (Å²) >= 11 is 0. The van der Waals surface area contributed by atoms with E-state index >= 15 is 0 Å². The molecule has 1 amide bonds. The third-order valence-electron chi connectivity index (χ3n) is 1.68. The molecule has 1 aromatic rings. The van der Waals surface area contributed by atoms with Crippen LogP contribution < -0.4 is 10.9 Å². The van der Waals surface area contributed by atoms with Gasteiger partial charge in [-0.1, -0.05) is 6.07 Å². The van der Waals surface area contributed by atoms with Crippen molar-refractivity contribution >= 4 is 11.8 Å². The molecule has 0 atom stereocenters. The maximum atomic E-state index is 12.9. The van der Waals surface area contributed by atoms with Crippen molar-refractivity contribution in [2.75, 3.05) is 5.01 Å². The molecule has 0 spiro atoms. The quantitative estimate of drug-likeness (QED) is 0.454. The van der Waals surface area contributed by atoms with Gasteiger partial charge >= 0.3 is 6.09 Å². The van der Waals surface area contributed by atoms with Gasteiger partial charge in [0.1, 0.15) is 11.4 Å². The number of benzene rings is 1. The fraction of sp³-hybridized carbons (Fsp3) is 0.364. The number of ether oxygens (including phenoxy) is 1. The van der Waals surface area contributed by atoms with Gasteiger partial charge in [-0.3, -0.25) is 0 Å². The minimum atomic E-state index is -0.724. The van der Waals surface area contributed by atoms with Crippen molar-refractivity contribution in [3.05, 3.63) is 30.1 Å². The zero-order chi connectivity index (χ0) is 12.3. The average molecular weight is 226 g/mol. The first-order chi connectivity index (χ1) is 7.29. The number of hydrazine groups is 1. The van der Waals surface area contributed by atoms with Crippen LogP contribution in [0.15, 0.2) is 24.3 Å². The zero-order valence-corrected chi connectivity index (χ0v) is 9.53. The van der Waals surface area contributed by atoms with E-state index in [4.69, 9.17) is 10.6 Å². The second-order valence-electron chi connectivity index (χ2n) is 4.33. The SMILES string of the molecule is CC(C)(C)OC(=O)N(N)c1cccc(F)c1. The normalized spacial score (nSPS) is 11.1. The molecular weight excluding hydrogens is 211 g/mol. The lowest BCUT2D eigenvalue weighted by molar-refractivity contribution is 0.0580. The van der Waals surface area contributed by atoms with Crippen LogP contribution in [0.5, 0.6) is 0 Å². The number of rotatable bonds is 1. The number of nitrogens with two attached hydrogens (primary N) is 1. The lowest BCUT2D eigenvalue weighted by atomic mass is 10.2. The highest BCUT2D eigenvalue weighted by Gasteiger charge is 2.21. The van der Waals surface area contributed by atoms with Crippen molar-refractivity contribution in [3.8, 4) is 0 Å². The van der Waals surface area contributed by atoms with Gasteiger partial charge in [0.25, 0.3) is 0 Å². The highest BCUT2D eigenvalue weighted by Crippen LogP contribution is 2.16. The first kappa shape index (κ1) is 12.4. The molecule has 2 N–H and O–H groups in total. The molecule has 0 aliphatic carbocycles. The molecule has 4 nitrogen and oxygen atoms in total. The van der Waals surface area contributed by atoms with Crippen LogP contribution in [0.25, 0.3) is 0 Å². The molecule has 0 saturated heterocycles. The van der Waals surface area contributed by atoms with Crippen molar-refractivity contribution in [1.82, 2.24) is 0 Å². The van der Waals surface area contributed by atoms with Crippen LogP contribution in [0.2, 0.25) is 0 Å². The third-order valence-corrected chi connectivity index (χ3v) is 1.68. The summed E-state index contributed by atoms with van der Waals surface area (Å²) in [6.45, 7) is 5.18. The fourth-order valence-corrected chi connectivity index (χ4v) is 1.04. The highest BCUT2D eigenvalue weighted by molar-refractivity contribution is 5.86. The van der Waals surface area contributed by atoms with Crippen molar-refractivity contribution in [2.45, 2.75) is 26.4 Å². The number of hydrogen-bond acceptors (Lipinski definition) is 3. The smallest absolute Gasteiger partial charge is 0.429 e. The maximum Gasteiger partial charge on any atom is 0.429 e. The van der Waals surface area contributed by atoms with E-state index in [0.29, 0.717) is 0 Å². The van der Waals surface area contributed by atoms with Crippen molar-refractivity contribution in [3.63, 3.8) is 0 Å². The topological polar surface area (TPSA) is 55.6 Å². The van der Waals surface area contributed by atoms with Crippen LogP contribution in [-0.4, -0.2) is 11.7 Å². The van der Waals surface area contributed by atoms with Crippen molar-refractivity contribution in [1.29, 1.82) is 0 Å². The number of anilines is 1. The summed E-state index contributed by atoms with van der Waals surface area (Å²) in [6.07, 6.45) is -0.724. The van der Waals surface area contributed by atoms with E-state index in [2.05, 4.69) is 0 Å². The van der Waals surface area contributed by atoms with Gasteiger partial charge in [0.05, 0.1) is 5.69 Å². The number of hydrogen-bond donors (Lipinski definition) is 1. The van der Waals surface area contributed by atoms with Crippen LogP contribution in [0.3, 0.4) is 0 Å². The van der Waals surface area contributed by atoms with Gasteiger partial charge < -0.3 is 4.74 Å². The molecule has 0 aromatic heterocycles. The minimum Gasteiger partial charge on any atom is -0.442 e. The van der Waals surface area contributed by atoms with Crippen LogP contribution in [0.1, 0.15) is 20.8 Å². The first-order valence-electron chi connectivity index (χ1n) is 4.83. The van der Waals surface area contributed by atoms with Crippen molar-refractivity contribution < 1.29 is 13.9 Å². The van der Waals surface area contributed by atoms with Crippen LogP contribution in [0, 0.1) is 5.82 Å². The average Bonchev–Trinajstić information content (AvgIpc) is 2.14. The molecule has 0 bridgehead atoms. The van der Waals surface area contributed by atoms with E-state index in [9.17, 15) is 9.18 Å². The van der Waals surface area contributed by atoms with Gasteiger partial charge in [0.15, 0.2) is 0 Å². The van der Waals surface area contributed by atoms with E-state index in [-0.39, 0.29) is 5.69 Å². The van der Waals surface area contributed by atoms with Gasteiger partial charge in [-0.15, -0.1) is 0 Å². The summed E-state index contributed by atoms with van der Waals surface area (Å²) in [5.74, 6) is 5.05. The van der Waals surface area contributed by atoms with Gasteiger partial charge in [-0.25, -0.2) is 20.0 Å². The maximum absolute atomic E-state index is 12.9. The Morgan fingerprint density at radius 2 is 2.06 bits per heavy atom. The summed E-state index contributed by atoms with van der Waals surface area (Å²) in [5, 5.41) is 0.772. The predicted octanol–water partition coefficient (Wildman–Crippen LogP) is 2.44. The van der Waals surface area contributed by atoms with Crippen LogP contribution >= 0.6 is 0 Å². The number of carbonyl (C=O) groups excluding carboxylic acids is 1. The Balaban J connectivity index is 2.78. The molecular formula is C11H15FN2O2. The summed E-state index contributed by atoms with van der Waals surface area (Å²) < 4.78 is 17.9. The number of nitrogens with zero attached hydrogens (tertiary/aromatic N) is 1. The molecule has 88 valence electrons. The van der Waals surface area contributed by atoms with Crippen LogP contribution in [0.4, 0.5) is 14.9 Å². The zero-order valence-electron chi connectivity index (χ0n) is 9.53.